The molecule has 9 nitrogen and oxygen atoms in total. The van der Waals surface area contributed by atoms with Gasteiger partial charge in [0.05, 0.1) is 16.2 Å². The monoisotopic (exact) mass is 428 g/mol. The first-order valence-electron chi connectivity index (χ1n) is 9.71. The second kappa shape index (κ2) is 7.69. The van der Waals surface area contributed by atoms with E-state index in [1.807, 2.05) is 24.0 Å². The molecule has 1 atom stereocenters. The number of aromatic nitrogens is 3. The third-order valence-electron chi connectivity index (χ3n) is 5.54. The van der Waals surface area contributed by atoms with Crippen LogP contribution in [0.25, 0.3) is 11.0 Å². The van der Waals surface area contributed by atoms with Gasteiger partial charge in [-0.15, -0.1) is 0 Å². The van der Waals surface area contributed by atoms with E-state index in [9.17, 15) is 13.2 Å². The molecule has 0 saturated carbocycles. The van der Waals surface area contributed by atoms with Crippen molar-refractivity contribution < 1.29 is 13.2 Å². The van der Waals surface area contributed by atoms with Crippen LogP contribution < -0.4 is 10.7 Å². The van der Waals surface area contributed by atoms with Gasteiger partial charge in [0.1, 0.15) is 6.33 Å². The summed E-state index contributed by atoms with van der Waals surface area (Å²) < 4.78 is 27.5. The van der Waals surface area contributed by atoms with E-state index in [1.165, 1.54) is 16.5 Å². The quantitative estimate of drug-likeness (QED) is 0.655. The molecule has 2 N–H and O–H groups in total. The number of hydrazine groups is 1. The average molecular weight is 429 g/mol. The van der Waals surface area contributed by atoms with Crippen molar-refractivity contribution in [1.82, 2.24) is 18.9 Å². The lowest BCUT2D eigenvalue weighted by molar-refractivity contribution is -0.123. The number of hydrogen-bond acceptors (Lipinski definition) is 7. The third kappa shape index (κ3) is 3.52. The van der Waals surface area contributed by atoms with Crippen LogP contribution in [0.2, 0.25) is 0 Å². The maximum atomic E-state index is 13.1. The maximum absolute atomic E-state index is 13.1. The summed E-state index contributed by atoms with van der Waals surface area (Å²) in [5.41, 5.74) is 6.78. The van der Waals surface area contributed by atoms with Gasteiger partial charge in [0, 0.05) is 26.3 Å². The molecule has 1 amide bonds. The third-order valence-corrected chi connectivity index (χ3v) is 7.22. The summed E-state index contributed by atoms with van der Waals surface area (Å²) in [4.78, 5) is 20.4. The Balaban J connectivity index is 1.72. The van der Waals surface area contributed by atoms with Gasteiger partial charge in [-0.3, -0.25) is 9.80 Å². The number of benzene rings is 1. The summed E-state index contributed by atoms with van der Waals surface area (Å²) in [6.45, 7) is 3.16. The molecule has 0 spiro atoms. The van der Waals surface area contributed by atoms with Crippen molar-refractivity contribution in [3.05, 3.63) is 48.4 Å². The summed E-state index contributed by atoms with van der Waals surface area (Å²) in [6.07, 6.45) is 4.46. The van der Waals surface area contributed by atoms with E-state index in [2.05, 4.69) is 9.97 Å². The van der Waals surface area contributed by atoms with Crippen molar-refractivity contribution >= 4 is 32.8 Å². The van der Waals surface area contributed by atoms with E-state index in [0.29, 0.717) is 23.4 Å². The molecule has 1 unspecified atom stereocenters. The highest BCUT2D eigenvalue weighted by atomic mass is 32.2. The number of amides is 1. The van der Waals surface area contributed by atoms with Crippen molar-refractivity contribution in [1.29, 1.82) is 0 Å². The number of rotatable bonds is 5. The molecule has 1 aliphatic heterocycles. The van der Waals surface area contributed by atoms with Gasteiger partial charge < -0.3 is 5.73 Å². The minimum absolute atomic E-state index is 0.194. The second-order valence-electron chi connectivity index (χ2n) is 7.54. The lowest BCUT2D eigenvalue weighted by Gasteiger charge is -2.38. The first-order chi connectivity index (χ1) is 14.3. The minimum atomic E-state index is -3.79. The molecule has 10 heteroatoms. The molecule has 2 aromatic heterocycles. The number of primary amides is 1. The number of carbonyl (C=O) groups excluding carboxylic acids is 1. The smallest absolute Gasteiger partial charge is 0.269 e. The first kappa shape index (κ1) is 20.3. The lowest BCUT2D eigenvalue weighted by atomic mass is 9.99. The van der Waals surface area contributed by atoms with Crippen LogP contribution in [0, 0.1) is 12.8 Å². The Bertz CT molecular complexity index is 1190. The SMILES string of the molecule is Cc1ccc(S(=O)(=O)n2ccc3c(N(C)N4CCCC(C(N)=O)C4)ncnc32)cc1. The summed E-state index contributed by atoms with van der Waals surface area (Å²) in [5.74, 6) is 0.0456. The number of hydrogen-bond donors (Lipinski definition) is 1. The molecular formula is C20H24N6O3S. The highest BCUT2D eigenvalue weighted by Gasteiger charge is 2.28. The molecule has 0 bridgehead atoms. The minimum Gasteiger partial charge on any atom is -0.369 e. The molecule has 0 radical (unpaired) electrons. The number of piperidine rings is 1. The summed E-state index contributed by atoms with van der Waals surface area (Å²) in [5, 5.41) is 4.46. The van der Waals surface area contributed by atoms with Crippen LogP contribution in [-0.4, -0.2) is 53.4 Å². The Labute approximate surface area is 175 Å². The number of aryl methyl sites for hydroxylation is 1. The summed E-state index contributed by atoms with van der Waals surface area (Å²) >= 11 is 0. The molecule has 4 rings (SSSR count). The van der Waals surface area contributed by atoms with Gasteiger partial charge in [-0.1, -0.05) is 17.7 Å². The van der Waals surface area contributed by atoms with Crippen LogP contribution in [0.15, 0.2) is 47.8 Å². The Morgan fingerprint density at radius 1 is 1.20 bits per heavy atom. The van der Waals surface area contributed by atoms with Gasteiger partial charge in [-0.05, 0) is 38.0 Å². The topological polar surface area (TPSA) is 114 Å². The molecule has 3 heterocycles. The standard InChI is InChI=1S/C20H24N6O3S/c1-14-5-7-16(8-6-14)30(28,29)26-11-9-17-19(22-13-23-20(17)26)24(2)25-10-3-4-15(12-25)18(21)27/h5-9,11,13,15H,3-4,10,12H2,1-2H3,(H2,21,27). The van der Waals surface area contributed by atoms with E-state index in [-0.39, 0.29) is 16.7 Å². The maximum Gasteiger partial charge on any atom is 0.269 e. The number of nitrogens with two attached hydrogens (primary N) is 1. The molecule has 1 fully saturated rings. The van der Waals surface area contributed by atoms with E-state index in [4.69, 9.17) is 5.73 Å². The van der Waals surface area contributed by atoms with E-state index < -0.39 is 10.0 Å². The normalized spacial score (nSPS) is 17.9. The second-order valence-corrected chi connectivity index (χ2v) is 9.36. The molecule has 0 aliphatic carbocycles. The van der Waals surface area contributed by atoms with Crippen LogP contribution in [0.1, 0.15) is 18.4 Å². The molecule has 3 aromatic rings. The van der Waals surface area contributed by atoms with Crippen molar-refractivity contribution in [3.8, 4) is 0 Å². The van der Waals surface area contributed by atoms with Crippen LogP contribution in [0.4, 0.5) is 5.82 Å². The van der Waals surface area contributed by atoms with E-state index in [0.717, 1.165) is 24.9 Å². The number of anilines is 1. The average Bonchev–Trinajstić information content (AvgIpc) is 3.19. The van der Waals surface area contributed by atoms with Crippen LogP contribution in [-0.2, 0) is 14.8 Å². The van der Waals surface area contributed by atoms with Gasteiger partial charge in [0.25, 0.3) is 10.0 Å². The zero-order chi connectivity index (χ0) is 21.5. The van der Waals surface area contributed by atoms with Crippen molar-refractivity contribution in [3.63, 3.8) is 0 Å². The molecule has 30 heavy (non-hydrogen) atoms. The number of carbonyl (C=O) groups is 1. The highest BCUT2D eigenvalue weighted by Crippen LogP contribution is 2.28. The predicted molar refractivity (Wildman–Crippen MR) is 113 cm³/mol. The zero-order valence-electron chi connectivity index (χ0n) is 16.9. The van der Waals surface area contributed by atoms with Gasteiger partial charge in [0.15, 0.2) is 11.5 Å². The number of fused-ring (bicyclic) bond motifs is 1. The Morgan fingerprint density at radius 2 is 1.93 bits per heavy atom. The first-order valence-corrected chi connectivity index (χ1v) is 11.2. The highest BCUT2D eigenvalue weighted by molar-refractivity contribution is 7.90. The Morgan fingerprint density at radius 3 is 2.63 bits per heavy atom. The van der Waals surface area contributed by atoms with E-state index >= 15 is 0 Å². The Hall–Kier alpha value is -2.98. The largest absolute Gasteiger partial charge is 0.369 e. The van der Waals surface area contributed by atoms with Gasteiger partial charge in [-0.25, -0.2) is 27.4 Å². The van der Waals surface area contributed by atoms with Crippen molar-refractivity contribution in [2.45, 2.75) is 24.7 Å². The Kier molecular flexibility index (Phi) is 5.20. The zero-order valence-corrected chi connectivity index (χ0v) is 17.7. The lowest BCUT2D eigenvalue weighted by Crippen LogP contribution is -2.49. The molecule has 1 aromatic carbocycles. The predicted octanol–water partition coefficient (Wildman–Crippen LogP) is 1.53. The summed E-state index contributed by atoms with van der Waals surface area (Å²) in [6, 6.07) is 8.39. The molecular weight excluding hydrogens is 404 g/mol. The summed E-state index contributed by atoms with van der Waals surface area (Å²) in [7, 11) is -1.95. The fourth-order valence-corrected chi connectivity index (χ4v) is 5.09. The van der Waals surface area contributed by atoms with Crippen molar-refractivity contribution in [2.24, 2.45) is 11.7 Å². The molecule has 158 valence electrons. The molecule has 1 aliphatic rings. The fourth-order valence-electron chi connectivity index (χ4n) is 3.79. The van der Waals surface area contributed by atoms with Crippen LogP contribution in [0.5, 0.6) is 0 Å². The number of nitrogens with zero attached hydrogens (tertiary/aromatic N) is 5. The van der Waals surface area contributed by atoms with E-state index in [1.54, 1.807) is 30.3 Å². The van der Waals surface area contributed by atoms with Crippen LogP contribution in [0.3, 0.4) is 0 Å². The van der Waals surface area contributed by atoms with Gasteiger partial charge in [-0.2, -0.15) is 0 Å². The fraction of sp³-hybridized carbons (Fsp3) is 0.350. The van der Waals surface area contributed by atoms with Gasteiger partial charge >= 0.3 is 0 Å². The molecule has 1 saturated heterocycles. The van der Waals surface area contributed by atoms with Crippen LogP contribution >= 0.6 is 0 Å². The van der Waals surface area contributed by atoms with Crippen molar-refractivity contribution in [2.75, 3.05) is 25.1 Å². The van der Waals surface area contributed by atoms with Gasteiger partial charge in [0.2, 0.25) is 5.91 Å².